The largest absolute Gasteiger partial charge is 1.00 e. The van der Waals surface area contributed by atoms with Crippen molar-refractivity contribution in [2.24, 2.45) is 0 Å². The molecule has 7 nitrogen and oxygen atoms in total. The SMILES string of the molecule is COC(CCCN1C(=O)/C(=C/c2ccc(C)cc2SOO[O-])SC1=S)OC.[Na+]. The van der Waals surface area contributed by atoms with E-state index in [-0.39, 0.29) is 41.8 Å². The Hall–Kier alpha value is 0.0200. The number of hydrogen-bond donors (Lipinski definition) is 0. The van der Waals surface area contributed by atoms with Crippen LogP contribution in [0.15, 0.2) is 28.0 Å². The Labute approximate surface area is 200 Å². The molecule has 0 aliphatic carbocycles. The molecule has 1 aromatic rings. The number of ether oxygens (including phenoxy) is 2. The van der Waals surface area contributed by atoms with Crippen LogP contribution in [0.2, 0.25) is 0 Å². The maximum Gasteiger partial charge on any atom is 1.00 e. The first-order chi connectivity index (χ1) is 13.0. The maximum absolute atomic E-state index is 12.7. The van der Waals surface area contributed by atoms with Gasteiger partial charge in [-0.2, -0.15) is 4.33 Å². The van der Waals surface area contributed by atoms with Crippen molar-refractivity contribution in [3.05, 3.63) is 34.2 Å². The van der Waals surface area contributed by atoms with Crippen LogP contribution in [0.1, 0.15) is 24.0 Å². The summed E-state index contributed by atoms with van der Waals surface area (Å²) in [6.07, 6.45) is 2.80. The van der Waals surface area contributed by atoms with E-state index in [9.17, 15) is 10.1 Å². The van der Waals surface area contributed by atoms with E-state index in [0.29, 0.717) is 33.5 Å². The van der Waals surface area contributed by atoms with Gasteiger partial charge in [0, 0.05) is 32.1 Å². The number of carbonyl (C=O) groups excluding carboxylic acids is 1. The van der Waals surface area contributed by atoms with Crippen molar-refractivity contribution < 1.29 is 58.5 Å². The molecular formula is C17H20NNaO6S3. The first-order valence-electron chi connectivity index (χ1n) is 8.05. The maximum atomic E-state index is 12.7. The molecule has 1 aliphatic heterocycles. The zero-order chi connectivity index (χ0) is 19.8. The van der Waals surface area contributed by atoms with E-state index in [2.05, 4.69) is 9.37 Å². The van der Waals surface area contributed by atoms with Crippen molar-refractivity contribution in [3.63, 3.8) is 0 Å². The summed E-state index contributed by atoms with van der Waals surface area (Å²) >= 11 is 7.39. The monoisotopic (exact) mass is 453 g/mol. The van der Waals surface area contributed by atoms with Crippen LogP contribution in [-0.4, -0.2) is 42.2 Å². The van der Waals surface area contributed by atoms with Crippen LogP contribution in [0.4, 0.5) is 0 Å². The van der Waals surface area contributed by atoms with Crippen LogP contribution in [0.5, 0.6) is 0 Å². The molecule has 0 bridgehead atoms. The first-order valence-corrected chi connectivity index (χ1v) is 10.0. The Balaban J connectivity index is 0.00000392. The average Bonchev–Trinajstić information content (AvgIpc) is 2.92. The van der Waals surface area contributed by atoms with Crippen molar-refractivity contribution in [2.75, 3.05) is 20.8 Å². The van der Waals surface area contributed by atoms with Gasteiger partial charge in [-0.15, -0.1) is 0 Å². The summed E-state index contributed by atoms with van der Waals surface area (Å²) in [5, 5.41) is 13.5. The number of rotatable bonds is 10. The molecule has 0 saturated carbocycles. The molecule has 0 aromatic heterocycles. The van der Waals surface area contributed by atoms with Gasteiger partial charge in [0.1, 0.15) is 4.32 Å². The molecule has 0 spiro atoms. The molecule has 0 atom stereocenters. The van der Waals surface area contributed by atoms with Gasteiger partial charge in [-0.1, -0.05) is 36.1 Å². The fraction of sp³-hybridized carbons (Fsp3) is 0.412. The minimum Gasteiger partial charge on any atom is -0.691 e. The second-order valence-electron chi connectivity index (χ2n) is 5.64. The predicted molar refractivity (Wildman–Crippen MR) is 106 cm³/mol. The van der Waals surface area contributed by atoms with Gasteiger partial charge >= 0.3 is 29.6 Å². The molecule has 28 heavy (non-hydrogen) atoms. The Kier molecular flexibility index (Phi) is 12.4. The normalized spacial score (nSPS) is 15.6. The van der Waals surface area contributed by atoms with E-state index in [0.717, 1.165) is 23.2 Å². The summed E-state index contributed by atoms with van der Waals surface area (Å²) < 4.78 is 15.2. The third-order valence-electron chi connectivity index (χ3n) is 3.83. The summed E-state index contributed by atoms with van der Waals surface area (Å²) in [6.45, 7) is 2.41. The van der Waals surface area contributed by atoms with Gasteiger partial charge in [0.05, 0.1) is 16.9 Å². The van der Waals surface area contributed by atoms with E-state index in [1.807, 2.05) is 25.1 Å². The van der Waals surface area contributed by atoms with Crippen molar-refractivity contribution in [3.8, 4) is 0 Å². The van der Waals surface area contributed by atoms with Crippen molar-refractivity contribution in [1.82, 2.24) is 4.90 Å². The number of aryl methyl sites for hydroxylation is 1. The average molecular weight is 454 g/mol. The third kappa shape index (κ3) is 7.37. The van der Waals surface area contributed by atoms with Gasteiger partial charge in [-0.05, 0) is 36.6 Å². The standard InChI is InChI=1S/C17H21NO6S3.Na/c1-11-6-7-12(13(9-11)27-24-23-20)10-14-16(19)18(17(25)26-14)8-4-5-15(21-2)22-3;/h6-7,9-10,15,20H,4-5,8H2,1-3H3;/q;+1/p-1/b14-10-;. The minimum absolute atomic E-state index is 0. The number of thioether (sulfide) groups is 1. The topological polar surface area (TPSA) is 80.3 Å². The first kappa shape index (κ1) is 26.1. The number of methoxy groups -OCH3 is 2. The second kappa shape index (κ2) is 13.3. The van der Waals surface area contributed by atoms with Crippen LogP contribution in [0.3, 0.4) is 0 Å². The van der Waals surface area contributed by atoms with Crippen LogP contribution in [0, 0.1) is 6.92 Å². The Morgan fingerprint density at radius 1 is 1.36 bits per heavy atom. The van der Waals surface area contributed by atoms with E-state index < -0.39 is 0 Å². The van der Waals surface area contributed by atoms with Crippen molar-refractivity contribution in [2.45, 2.75) is 31.0 Å². The molecule has 1 aromatic carbocycles. The summed E-state index contributed by atoms with van der Waals surface area (Å²) in [5.74, 6) is -0.145. The van der Waals surface area contributed by atoms with Gasteiger partial charge in [0.15, 0.2) is 6.29 Å². The zero-order valence-corrected chi connectivity index (χ0v) is 20.6. The number of benzene rings is 1. The summed E-state index contributed by atoms with van der Waals surface area (Å²) in [6, 6.07) is 5.59. The van der Waals surface area contributed by atoms with E-state index in [1.165, 1.54) is 11.8 Å². The molecule has 1 aliphatic rings. The molecule has 1 fully saturated rings. The molecule has 148 valence electrons. The number of nitrogens with zero attached hydrogens (tertiary/aromatic N) is 1. The fourth-order valence-electron chi connectivity index (χ4n) is 2.47. The molecule has 0 unspecified atom stereocenters. The number of thiocarbonyl (C=S) groups is 1. The number of amides is 1. The van der Waals surface area contributed by atoms with Gasteiger partial charge in [0.25, 0.3) is 5.91 Å². The van der Waals surface area contributed by atoms with Gasteiger partial charge in [-0.25, -0.2) is 0 Å². The third-order valence-corrected chi connectivity index (χ3v) is 5.86. The minimum atomic E-state index is -0.297. The van der Waals surface area contributed by atoms with Crippen molar-refractivity contribution in [1.29, 1.82) is 0 Å². The molecule has 0 radical (unpaired) electrons. The van der Waals surface area contributed by atoms with Gasteiger partial charge in [0.2, 0.25) is 0 Å². The summed E-state index contributed by atoms with van der Waals surface area (Å²) in [5.41, 5.74) is 1.73. The van der Waals surface area contributed by atoms with E-state index in [1.54, 1.807) is 25.2 Å². The number of hydrogen-bond acceptors (Lipinski definition) is 9. The quantitative estimate of drug-likeness (QED) is 0.0912. The molecule has 1 heterocycles. The van der Waals surface area contributed by atoms with Crippen molar-refractivity contribution >= 4 is 52.3 Å². The molecule has 1 amide bonds. The van der Waals surface area contributed by atoms with E-state index in [4.69, 9.17) is 21.7 Å². The predicted octanol–water partition coefficient (Wildman–Crippen LogP) is -0.170. The molecule has 2 rings (SSSR count). The van der Waals surface area contributed by atoms with Crippen LogP contribution in [0.25, 0.3) is 6.08 Å². The smallest absolute Gasteiger partial charge is 0.691 e. The molecule has 1 saturated heterocycles. The van der Waals surface area contributed by atoms with Crippen LogP contribution >= 0.6 is 36.0 Å². The van der Waals surface area contributed by atoms with Crippen LogP contribution < -0.4 is 34.8 Å². The molecule has 0 N–H and O–H groups in total. The second-order valence-corrected chi connectivity index (χ2v) is 8.06. The summed E-state index contributed by atoms with van der Waals surface area (Å²) in [7, 11) is 3.16. The van der Waals surface area contributed by atoms with Crippen LogP contribution in [-0.2, 0) is 23.6 Å². The molecular weight excluding hydrogens is 433 g/mol. The Morgan fingerprint density at radius 2 is 2.07 bits per heavy atom. The van der Waals surface area contributed by atoms with E-state index >= 15 is 0 Å². The van der Waals surface area contributed by atoms with Gasteiger partial charge < -0.3 is 14.7 Å². The molecule has 11 heteroatoms. The number of carbonyl (C=O) groups is 1. The van der Waals surface area contributed by atoms with Gasteiger partial charge in [-0.3, -0.25) is 14.7 Å². The Morgan fingerprint density at radius 3 is 2.71 bits per heavy atom. The fourth-order valence-corrected chi connectivity index (χ4v) is 4.32. The summed E-state index contributed by atoms with van der Waals surface area (Å²) in [4.78, 5) is 15.5. The zero-order valence-electron chi connectivity index (χ0n) is 16.1. The Bertz CT molecular complexity index is 714.